The first kappa shape index (κ1) is 25.3. The fourth-order valence-electron chi connectivity index (χ4n) is 4.27. The number of hydrogen-bond acceptors (Lipinski definition) is 5. The van der Waals surface area contributed by atoms with Gasteiger partial charge in [-0.1, -0.05) is 71.5 Å². The molecule has 2 N–H and O–H groups in total. The highest BCUT2D eigenvalue weighted by molar-refractivity contribution is 7.89. The molecule has 0 unspecified atom stereocenters. The molecule has 1 saturated heterocycles. The zero-order valence-electron chi connectivity index (χ0n) is 20.8. The molecule has 9 heteroatoms. The lowest BCUT2D eigenvalue weighted by Crippen LogP contribution is -3.12. The number of aromatic nitrogens is 1. The van der Waals surface area contributed by atoms with E-state index < -0.39 is 10.0 Å². The molecule has 2 heterocycles. The molecule has 0 atom stereocenters. The quantitative estimate of drug-likeness (QED) is 0.397. The van der Waals surface area contributed by atoms with Gasteiger partial charge in [0.05, 0.1) is 48.7 Å². The number of hydrogen-bond donors (Lipinski definition) is 2. The smallest absolute Gasteiger partial charge is 0.257 e. The van der Waals surface area contributed by atoms with Crippen molar-refractivity contribution in [1.29, 1.82) is 0 Å². The maximum atomic E-state index is 13.0. The van der Waals surface area contributed by atoms with E-state index in [9.17, 15) is 13.2 Å². The summed E-state index contributed by atoms with van der Waals surface area (Å²) in [5.41, 5.74) is 4.34. The third-order valence-electron chi connectivity index (χ3n) is 6.54. The van der Waals surface area contributed by atoms with Crippen molar-refractivity contribution in [2.45, 2.75) is 11.8 Å². The first-order valence-corrected chi connectivity index (χ1v) is 14.4. The van der Waals surface area contributed by atoms with Crippen molar-refractivity contribution in [2.75, 3.05) is 38.5 Å². The Kier molecular flexibility index (Phi) is 7.21. The fourth-order valence-corrected chi connectivity index (χ4v) is 6.70. The van der Waals surface area contributed by atoms with Crippen LogP contribution in [0.15, 0.2) is 83.8 Å². The van der Waals surface area contributed by atoms with E-state index in [2.05, 4.69) is 12.4 Å². The van der Waals surface area contributed by atoms with Crippen LogP contribution in [-0.4, -0.2) is 56.8 Å². The van der Waals surface area contributed by atoms with Crippen molar-refractivity contribution in [3.05, 3.63) is 90.0 Å². The number of amides is 1. The van der Waals surface area contributed by atoms with Crippen molar-refractivity contribution < 1.29 is 18.1 Å². The summed E-state index contributed by atoms with van der Waals surface area (Å²) in [6.45, 7) is 4.59. The lowest BCUT2D eigenvalue weighted by Gasteiger charge is -2.29. The number of carbonyl (C=O) groups is 1. The number of anilines is 1. The minimum atomic E-state index is -3.58. The summed E-state index contributed by atoms with van der Waals surface area (Å²) in [7, 11) is -1.51. The Morgan fingerprint density at radius 3 is 2.22 bits per heavy atom. The molecule has 0 bridgehead atoms. The van der Waals surface area contributed by atoms with Gasteiger partial charge in [-0.2, -0.15) is 4.31 Å². The van der Waals surface area contributed by atoms with E-state index in [1.54, 1.807) is 12.1 Å². The summed E-state index contributed by atoms with van der Waals surface area (Å²) < 4.78 is 27.5. The van der Waals surface area contributed by atoms with Crippen molar-refractivity contribution in [3.8, 4) is 21.7 Å². The van der Waals surface area contributed by atoms with Gasteiger partial charge in [0.25, 0.3) is 5.91 Å². The van der Waals surface area contributed by atoms with Crippen LogP contribution in [-0.2, 0) is 10.0 Å². The third kappa shape index (κ3) is 5.50. The topological polar surface area (TPSA) is 83.8 Å². The summed E-state index contributed by atoms with van der Waals surface area (Å²) >= 11 is 1.41. The van der Waals surface area contributed by atoms with E-state index in [0.29, 0.717) is 23.8 Å². The Balaban J connectivity index is 1.37. The number of sulfonamides is 1. The number of thiazole rings is 1. The van der Waals surface area contributed by atoms with Gasteiger partial charge in [0, 0.05) is 11.1 Å². The van der Waals surface area contributed by atoms with Crippen LogP contribution in [0.5, 0.6) is 0 Å². The summed E-state index contributed by atoms with van der Waals surface area (Å²) in [6.07, 6.45) is 0. The number of quaternary nitrogens is 1. The normalized spacial score (nSPS) is 15.0. The van der Waals surface area contributed by atoms with Crippen LogP contribution >= 0.6 is 11.3 Å². The van der Waals surface area contributed by atoms with Crippen LogP contribution in [0, 0.1) is 6.92 Å². The van der Waals surface area contributed by atoms with Crippen LogP contribution in [0.1, 0.15) is 15.9 Å². The first-order chi connectivity index (χ1) is 17.8. The zero-order valence-corrected chi connectivity index (χ0v) is 22.4. The molecular formula is C28H29N4O3S2+. The van der Waals surface area contributed by atoms with E-state index in [4.69, 9.17) is 4.98 Å². The number of benzene rings is 3. The summed E-state index contributed by atoms with van der Waals surface area (Å²) in [6, 6.07) is 24.2. The van der Waals surface area contributed by atoms with Gasteiger partial charge < -0.3 is 4.90 Å². The molecule has 3 aromatic carbocycles. The molecule has 0 spiro atoms. The van der Waals surface area contributed by atoms with Crippen LogP contribution in [0.2, 0.25) is 0 Å². The van der Waals surface area contributed by atoms with Crippen LogP contribution in [0.3, 0.4) is 0 Å². The van der Waals surface area contributed by atoms with Gasteiger partial charge in [0.1, 0.15) is 0 Å². The highest BCUT2D eigenvalue weighted by Gasteiger charge is 2.29. The SMILES string of the molecule is Cc1ccc(-c2nc(NC(=O)c3ccc(S(=O)(=O)N4CC[NH+](C)CC4)cc3)sc2-c2ccccc2)cc1. The van der Waals surface area contributed by atoms with Gasteiger partial charge in [-0.05, 0) is 36.8 Å². The molecule has 1 aliphatic rings. The number of nitrogens with zero attached hydrogens (tertiary/aromatic N) is 2. The molecule has 5 rings (SSSR count). The van der Waals surface area contributed by atoms with Crippen LogP contribution in [0.4, 0.5) is 5.13 Å². The summed E-state index contributed by atoms with van der Waals surface area (Å²) in [4.78, 5) is 20.3. The van der Waals surface area contributed by atoms with Gasteiger partial charge in [-0.25, -0.2) is 13.4 Å². The maximum absolute atomic E-state index is 13.0. The molecule has 1 aliphatic heterocycles. The third-order valence-corrected chi connectivity index (χ3v) is 9.47. The van der Waals surface area contributed by atoms with Crippen molar-refractivity contribution >= 4 is 32.4 Å². The number of aryl methyl sites for hydroxylation is 1. The van der Waals surface area contributed by atoms with E-state index >= 15 is 0 Å². The number of likely N-dealkylation sites (N-methyl/N-ethyl adjacent to an activating group) is 1. The Bertz CT molecular complexity index is 1490. The largest absolute Gasteiger partial charge is 0.335 e. The Hall–Kier alpha value is -3.37. The van der Waals surface area contributed by atoms with E-state index in [1.807, 2.05) is 61.5 Å². The highest BCUT2D eigenvalue weighted by atomic mass is 32.2. The molecule has 0 aliphatic carbocycles. The number of rotatable bonds is 6. The maximum Gasteiger partial charge on any atom is 0.257 e. The average molecular weight is 534 g/mol. The second-order valence-electron chi connectivity index (χ2n) is 9.27. The van der Waals surface area contributed by atoms with Crippen molar-refractivity contribution in [1.82, 2.24) is 9.29 Å². The van der Waals surface area contributed by atoms with Gasteiger partial charge in [0.2, 0.25) is 10.0 Å². The number of piperazine rings is 1. The van der Waals surface area contributed by atoms with Crippen molar-refractivity contribution in [2.24, 2.45) is 0 Å². The number of carbonyl (C=O) groups excluding carboxylic acids is 1. The average Bonchev–Trinajstić information content (AvgIpc) is 3.33. The lowest BCUT2D eigenvalue weighted by atomic mass is 10.1. The number of nitrogens with one attached hydrogen (secondary N) is 2. The molecule has 1 amide bonds. The molecule has 0 radical (unpaired) electrons. The molecule has 37 heavy (non-hydrogen) atoms. The fraction of sp³-hybridized carbons (Fsp3) is 0.214. The minimum absolute atomic E-state index is 0.200. The monoisotopic (exact) mass is 533 g/mol. The summed E-state index contributed by atoms with van der Waals surface area (Å²) in [5.74, 6) is -0.337. The second kappa shape index (κ2) is 10.5. The standard InChI is InChI=1S/C28H28N4O3S2/c1-20-8-10-21(11-9-20)25-26(22-6-4-3-5-7-22)36-28(29-25)30-27(33)23-12-14-24(15-13-23)37(34,35)32-18-16-31(2)17-19-32/h3-15H,16-19H2,1-2H3,(H,29,30,33)/p+1. The summed E-state index contributed by atoms with van der Waals surface area (Å²) in [5, 5.41) is 3.38. The van der Waals surface area contributed by atoms with E-state index in [0.717, 1.165) is 40.4 Å². The van der Waals surface area contributed by atoms with E-state index in [-0.39, 0.29) is 10.8 Å². The Morgan fingerprint density at radius 2 is 1.57 bits per heavy atom. The van der Waals surface area contributed by atoms with E-state index in [1.165, 1.54) is 32.7 Å². The minimum Gasteiger partial charge on any atom is -0.335 e. The molecule has 0 saturated carbocycles. The molecule has 7 nitrogen and oxygen atoms in total. The molecule has 1 aromatic heterocycles. The van der Waals surface area contributed by atoms with Gasteiger partial charge >= 0.3 is 0 Å². The Labute approximate surface area is 221 Å². The predicted octanol–water partition coefficient (Wildman–Crippen LogP) is 3.56. The Morgan fingerprint density at radius 1 is 0.919 bits per heavy atom. The first-order valence-electron chi connectivity index (χ1n) is 12.2. The second-order valence-corrected chi connectivity index (χ2v) is 12.2. The lowest BCUT2D eigenvalue weighted by molar-refractivity contribution is -0.883. The van der Waals surface area contributed by atoms with Gasteiger partial charge in [0.15, 0.2) is 5.13 Å². The van der Waals surface area contributed by atoms with Gasteiger partial charge in [-0.15, -0.1) is 0 Å². The highest BCUT2D eigenvalue weighted by Crippen LogP contribution is 2.39. The van der Waals surface area contributed by atoms with Crippen LogP contribution < -0.4 is 10.2 Å². The molecule has 190 valence electrons. The predicted molar refractivity (Wildman–Crippen MR) is 147 cm³/mol. The zero-order chi connectivity index (χ0) is 26.0. The molecule has 1 fully saturated rings. The van der Waals surface area contributed by atoms with Crippen molar-refractivity contribution in [3.63, 3.8) is 0 Å². The molecular weight excluding hydrogens is 504 g/mol. The molecule has 4 aromatic rings. The van der Waals surface area contributed by atoms with Crippen LogP contribution in [0.25, 0.3) is 21.7 Å². The van der Waals surface area contributed by atoms with Gasteiger partial charge in [-0.3, -0.25) is 10.1 Å².